The van der Waals surface area contributed by atoms with Crippen LogP contribution in [0.5, 0.6) is 0 Å². The van der Waals surface area contributed by atoms with Crippen molar-refractivity contribution in [2.75, 3.05) is 0 Å². The summed E-state index contributed by atoms with van der Waals surface area (Å²) >= 11 is 0. The van der Waals surface area contributed by atoms with Crippen LogP contribution in [0.3, 0.4) is 0 Å². The molecule has 0 aromatic heterocycles. The molecule has 3 rings (SSSR count). The summed E-state index contributed by atoms with van der Waals surface area (Å²) in [4.78, 5) is 23.3. The summed E-state index contributed by atoms with van der Waals surface area (Å²) in [5, 5.41) is 2.84. The summed E-state index contributed by atoms with van der Waals surface area (Å²) in [5.41, 5.74) is 3.47. The summed E-state index contributed by atoms with van der Waals surface area (Å²) in [5.74, 6) is 0.154. The number of hydrogen-bond acceptors (Lipinski definition) is 2. The molecule has 1 heterocycles. The fourth-order valence-electron chi connectivity index (χ4n) is 2.42. The third-order valence-corrected chi connectivity index (χ3v) is 3.16. The van der Waals surface area contributed by atoms with E-state index in [9.17, 15) is 9.59 Å². The lowest BCUT2D eigenvalue weighted by Crippen LogP contribution is -2.28. The molecule has 0 aromatic carbocycles. The first-order valence-corrected chi connectivity index (χ1v) is 5.25. The molecule has 76 valence electrons. The van der Waals surface area contributed by atoms with Crippen molar-refractivity contribution in [3.63, 3.8) is 0 Å². The van der Waals surface area contributed by atoms with Crippen LogP contribution >= 0.6 is 0 Å². The lowest BCUT2D eigenvalue weighted by molar-refractivity contribution is -0.120. The Morgan fingerprint density at radius 1 is 1.07 bits per heavy atom. The molecule has 0 spiro atoms. The predicted octanol–water partition coefficient (Wildman–Crippen LogP) is 1.38. The number of amides is 1. The Balaban J connectivity index is 2.10. The smallest absolute Gasteiger partial charge is 0.224 e. The van der Waals surface area contributed by atoms with Crippen LogP contribution in [-0.2, 0) is 9.59 Å². The van der Waals surface area contributed by atoms with Crippen molar-refractivity contribution >= 4 is 11.7 Å². The van der Waals surface area contributed by atoms with E-state index in [-0.39, 0.29) is 11.7 Å². The third-order valence-electron chi connectivity index (χ3n) is 3.16. The van der Waals surface area contributed by atoms with Gasteiger partial charge in [0.15, 0.2) is 5.78 Å². The van der Waals surface area contributed by atoms with Gasteiger partial charge in [-0.05, 0) is 24.8 Å². The Hall–Kier alpha value is -1.64. The van der Waals surface area contributed by atoms with E-state index >= 15 is 0 Å². The SMILES string of the molecule is O=C1CCC2=C(N1)C1=C(C=CCC1)C2=O. The van der Waals surface area contributed by atoms with Gasteiger partial charge in [-0.3, -0.25) is 9.59 Å². The van der Waals surface area contributed by atoms with Crippen molar-refractivity contribution in [1.29, 1.82) is 0 Å². The van der Waals surface area contributed by atoms with E-state index in [1.54, 1.807) is 0 Å². The molecule has 3 nitrogen and oxygen atoms in total. The van der Waals surface area contributed by atoms with Gasteiger partial charge in [-0.2, -0.15) is 0 Å². The number of hydrogen-bond donors (Lipinski definition) is 1. The number of nitrogens with one attached hydrogen (secondary N) is 1. The molecule has 2 aliphatic carbocycles. The van der Waals surface area contributed by atoms with Gasteiger partial charge in [-0.15, -0.1) is 0 Å². The van der Waals surface area contributed by atoms with Crippen LogP contribution in [-0.4, -0.2) is 11.7 Å². The number of rotatable bonds is 0. The van der Waals surface area contributed by atoms with Crippen molar-refractivity contribution in [2.24, 2.45) is 0 Å². The number of allylic oxidation sites excluding steroid dienone is 5. The van der Waals surface area contributed by atoms with E-state index in [0.717, 1.165) is 35.3 Å². The van der Waals surface area contributed by atoms with E-state index in [0.29, 0.717) is 12.8 Å². The van der Waals surface area contributed by atoms with Crippen LogP contribution in [0.2, 0.25) is 0 Å². The molecule has 0 saturated carbocycles. The standard InChI is InChI=1S/C12H11NO2/c14-10-6-5-9-11(13-10)7-3-1-2-4-8(7)12(9)15/h2,4H,1,3,5-6H2,(H,13,14). The van der Waals surface area contributed by atoms with Gasteiger partial charge in [0, 0.05) is 17.6 Å². The quantitative estimate of drug-likeness (QED) is 0.643. The van der Waals surface area contributed by atoms with Crippen molar-refractivity contribution < 1.29 is 9.59 Å². The van der Waals surface area contributed by atoms with Gasteiger partial charge in [-0.1, -0.05) is 12.2 Å². The molecule has 0 fully saturated rings. The van der Waals surface area contributed by atoms with E-state index in [2.05, 4.69) is 5.32 Å². The van der Waals surface area contributed by atoms with Gasteiger partial charge in [0.2, 0.25) is 5.91 Å². The van der Waals surface area contributed by atoms with Crippen LogP contribution in [0, 0.1) is 0 Å². The topological polar surface area (TPSA) is 46.2 Å². The first-order valence-electron chi connectivity index (χ1n) is 5.25. The lowest BCUT2D eigenvalue weighted by atomic mass is 9.98. The Bertz CT molecular complexity index is 466. The summed E-state index contributed by atoms with van der Waals surface area (Å²) in [6.07, 6.45) is 6.79. The molecule has 3 heteroatoms. The average Bonchev–Trinajstić information content (AvgIpc) is 2.54. The van der Waals surface area contributed by atoms with Gasteiger partial charge in [-0.25, -0.2) is 0 Å². The van der Waals surface area contributed by atoms with Crippen LogP contribution in [0.25, 0.3) is 0 Å². The Labute approximate surface area is 87.5 Å². The van der Waals surface area contributed by atoms with E-state index < -0.39 is 0 Å². The van der Waals surface area contributed by atoms with Crippen LogP contribution in [0.4, 0.5) is 0 Å². The van der Waals surface area contributed by atoms with Crippen LogP contribution < -0.4 is 5.32 Å². The number of fused-ring (bicyclic) bond motifs is 1. The summed E-state index contributed by atoms with van der Waals surface area (Å²) in [6, 6.07) is 0. The Kier molecular flexibility index (Phi) is 1.69. The lowest BCUT2D eigenvalue weighted by Gasteiger charge is -2.17. The van der Waals surface area contributed by atoms with Gasteiger partial charge < -0.3 is 5.32 Å². The summed E-state index contributed by atoms with van der Waals surface area (Å²) < 4.78 is 0. The average molecular weight is 201 g/mol. The molecule has 0 atom stereocenters. The third kappa shape index (κ3) is 1.12. The van der Waals surface area contributed by atoms with E-state index in [1.807, 2.05) is 12.2 Å². The monoisotopic (exact) mass is 201 g/mol. The van der Waals surface area contributed by atoms with E-state index in [1.165, 1.54) is 0 Å². The Morgan fingerprint density at radius 2 is 1.93 bits per heavy atom. The number of Topliss-reactive ketones (excluding diaryl/α,β-unsaturated/α-hetero) is 1. The maximum absolute atomic E-state index is 12.0. The first kappa shape index (κ1) is 8.65. The number of ketones is 1. The van der Waals surface area contributed by atoms with E-state index in [4.69, 9.17) is 0 Å². The normalized spacial score (nSPS) is 24.3. The molecule has 3 aliphatic rings. The number of carbonyl (C=O) groups is 2. The minimum Gasteiger partial charge on any atom is -0.325 e. The van der Waals surface area contributed by atoms with Crippen molar-refractivity contribution in [2.45, 2.75) is 25.7 Å². The van der Waals surface area contributed by atoms with Gasteiger partial charge in [0.1, 0.15) is 0 Å². The second kappa shape index (κ2) is 2.92. The second-order valence-corrected chi connectivity index (χ2v) is 4.06. The minimum atomic E-state index is 0.0323. The van der Waals surface area contributed by atoms with Crippen molar-refractivity contribution in [3.05, 3.63) is 34.6 Å². The molecule has 0 unspecified atom stereocenters. The zero-order chi connectivity index (χ0) is 10.4. The largest absolute Gasteiger partial charge is 0.325 e. The molecule has 0 saturated heterocycles. The molecule has 0 bridgehead atoms. The van der Waals surface area contributed by atoms with Crippen LogP contribution in [0.1, 0.15) is 25.7 Å². The van der Waals surface area contributed by atoms with Gasteiger partial charge in [0.25, 0.3) is 0 Å². The zero-order valence-electron chi connectivity index (χ0n) is 8.30. The molecular formula is C12H11NO2. The number of carbonyl (C=O) groups excluding carboxylic acids is 2. The fourth-order valence-corrected chi connectivity index (χ4v) is 2.42. The zero-order valence-corrected chi connectivity index (χ0v) is 8.30. The van der Waals surface area contributed by atoms with Gasteiger partial charge in [0.05, 0.1) is 5.70 Å². The molecule has 1 aliphatic heterocycles. The highest BCUT2D eigenvalue weighted by Crippen LogP contribution is 2.37. The highest BCUT2D eigenvalue weighted by Gasteiger charge is 2.34. The maximum Gasteiger partial charge on any atom is 0.224 e. The summed E-state index contributed by atoms with van der Waals surface area (Å²) in [7, 11) is 0. The van der Waals surface area contributed by atoms with Gasteiger partial charge >= 0.3 is 0 Å². The molecule has 0 aromatic rings. The first-order chi connectivity index (χ1) is 7.27. The molecule has 0 radical (unpaired) electrons. The fraction of sp³-hybridized carbons (Fsp3) is 0.333. The molecular weight excluding hydrogens is 190 g/mol. The molecule has 1 amide bonds. The van der Waals surface area contributed by atoms with Crippen LogP contribution in [0.15, 0.2) is 34.6 Å². The molecule has 1 N–H and O–H groups in total. The Morgan fingerprint density at radius 3 is 2.80 bits per heavy atom. The highest BCUT2D eigenvalue weighted by atomic mass is 16.2. The molecule has 15 heavy (non-hydrogen) atoms. The predicted molar refractivity (Wildman–Crippen MR) is 54.8 cm³/mol. The van der Waals surface area contributed by atoms with Crippen molar-refractivity contribution in [3.8, 4) is 0 Å². The highest BCUT2D eigenvalue weighted by molar-refractivity contribution is 6.16. The minimum absolute atomic E-state index is 0.0323. The maximum atomic E-state index is 12.0. The van der Waals surface area contributed by atoms with Crippen molar-refractivity contribution in [1.82, 2.24) is 5.32 Å². The summed E-state index contributed by atoms with van der Waals surface area (Å²) in [6.45, 7) is 0. The second-order valence-electron chi connectivity index (χ2n) is 4.06.